The molecule has 2 rings (SSSR count). The molecule has 19 heavy (non-hydrogen) atoms. The summed E-state index contributed by atoms with van der Waals surface area (Å²) < 4.78 is 22.7. The summed E-state index contributed by atoms with van der Waals surface area (Å²) in [7, 11) is -2.91. The van der Waals surface area contributed by atoms with E-state index in [0.29, 0.717) is 6.42 Å². The van der Waals surface area contributed by atoms with E-state index in [4.69, 9.17) is 0 Å². The Labute approximate surface area is 114 Å². The number of aryl methyl sites for hydroxylation is 1. The summed E-state index contributed by atoms with van der Waals surface area (Å²) in [4.78, 5) is 11.9. The summed E-state index contributed by atoms with van der Waals surface area (Å²) in [5.41, 5.74) is 2.99. The van der Waals surface area contributed by atoms with Gasteiger partial charge in [0.25, 0.3) is 0 Å². The van der Waals surface area contributed by atoms with Crippen LogP contribution in [0.4, 0.5) is 5.69 Å². The number of sulfone groups is 1. The predicted molar refractivity (Wildman–Crippen MR) is 75.9 cm³/mol. The van der Waals surface area contributed by atoms with Gasteiger partial charge in [-0.15, -0.1) is 0 Å². The molecule has 1 heterocycles. The van der Waals surface area contributed by atoms with Crippen LogP contribution in [0.2, 0.25) is 0 Å². The second-order valence-electron chi connectivity index (χ2n) is 5.27. The molecule has 4 nitrogen and oxygen atoms in total. The first kappa shape index (κ1) is 14.1. The number of rotatable bonds is 3. The smallest absolute Gasteiger partial charge is 0.224 e. The average molecular weight is 281 g/mol. The zero-order chi connectivity index (χ0) is 14.0. The van der Waals surface area contributed by atoms with Crippen LogP contribution in [0.3, 0.4) is 0 Å². The Morgan fingerprint density at radius 3 is 2.74 bits per heavy atom. The molecule has 1 N–H and O–H groups in total. The van der Waals surface area contributed by atoms with E-state index in [0.717, 1.165) is 16.8 Å². The highest BCUT2D eigenvalue weighted by atomic mass is 32.2. The Morgan fingerprint density at radius 2 is 2.11 bits per heavy atom. The van der Waals surface area contributed by atoms with Crippen molar-refractivity contribution in [3.63, 3.8) is 0 Å². The van der Waals surface area contributed by atoms with Gasteiger partial charge in [-0.2, -0.15) is 0 Å². The van der Waals surface area contributed by atoms with Gasteiger partial charge in [0.1, 0.15) is 0 Å². The van der Waals surface area contributed by atoms with Crippen molar-refractivity contribution in [1.29, 1.82) is 0 Å². The molecule has 0 aromatic heterocycles. The Balaban J connectivity index is 1.97. The molecule has 1 aliphatic heterocycles. The maximum Gasteiger partial charge on any atom is 0.224 e. The molecule has 1 saturated heterocycles. The Hall–Kier alpha value is -1.36. The number of anilines is 1. The number of nitrogens with one attached hydrogen (secondary N) is 1. The quantitative estimate of drug-likeness (QED) is 0.922. The Bertz CT molecular complexity index is 593. The summed E-state index contributed by atoms with van der Waals surface area (Å²) in [6.45, 7) is 3.96. The lowest BCUT2D eigenvalue weighted by Gasteiger charge is -2.12. The molecule has 5 heteroatoms. The van der Waals surface area contributed by atoms with E-state index in [1.165, 1.54) is 0 Å². The van der Waals surface area contributed by atoms with Crippen LogP contribution in [0.1, 0.15) is 24.0 Å². The maximum absolute atomic E-state index is 11.9. The fraction of sp³-hybridized carbons (Fsp3) is 0.500. The van der Waals surface area contributed by atoms with Gasteiger partial charge in [0.2, 0.25) is 5.91 Å². The zero-order valence-corrected chi connectivity index (χ0v) is 12.1. The summed E-state index contributed by atoms with van der Waals surface area (Å²) >= 11 is 0. The molecule has 1 aromatic rings. The standard InChI is InChI=1S/C14H19NO3S/c1-10-4-3-5-13(11(10)2)15-14(16)8-12-6-7-19(17,18)9-12/h3-5,12H,6-9H2,1-2H3,(H,15,16). The third-order valence-corrected chi connectivity index (χ3v) is 5.52. The van der Waals surface area contributed by atoms with Gasteiger partial charge in [0.15, 0.2) is 9.84 Å². The van der Waals surface area contributed by atoms with E-state index >= 15 is 0 Å². The van der Waals surface area contributed by atoms with Gasteiger partial charge >= 0.3 is 0 Å². The van der Waals surface area contributed by atoms with Crippen LogP contribution >= 0.6 is 0 Å². The van der Waals surface area contributed by atoms with Gasteiger partial charge in [-0.1, -0.05) is 12.1 Å². The summed E-state index contributed by atoms with van der Waals surface area (Å²) in [5.74, 6) is 0.229. The predicted octanol–water partition coefficient (Wildman–Crippen LogP) is 2.07. The van der Waals surface area contributed by atoms with E-state index in [1.807, 2.05) is 32.0 Å². The molecular weight excluding hydrogens is 262 g/mol. The molecule has 0 spiro atoms. The van der Waals surface area contributed by atoms with E-state index in [2.05, 4.69) is 5.32 Å². The summed E-state index contributed by atoms with van der Waals surface area (Å²) in [6, 6.07) is 5.76. The van der Waals surface area contributed by atoms with Gasteiger partial charge < -0.3 is 5.32 Å². The number of hydrogen-bond acceptors (Lipinski definition) is 3. The van der Waals surface area contributed by atoms with Crippen LogP contribution in [0.5, 0.6) is 0 Å². The highest BCUT2D eigenvalue weighted by Crippen LogP contribution is 2.23. The number of carbonyl (C=O) groups is 1. The topological polar surface area (TPSA) is 63.2 Å². The molecule has 1 aliphatic rings. The van der Waals surface area contributed by atoms with Crippen LogP contribution in [0, 0.1) is 19.8 Å². The average Bonchev–Trinajstić information content (AvgIpc) is 2.64. The molecule has 1 amide bonds. The normalized spacial score (nSPS) is 21.3. The highest BCUT2D eigenvalue weighted by molar-refractivity contribution is 7.91. The lowest BCUT2D eigenvalue weighted by molar-refractivity contribution is -0.116. The molecule has 104 valence electrons. The minimum absolute atomic E-state index is 0.0323. The first-order chi connectivity index (χ1) is 8.87. The number of benzene rings is 1. The molecule has 1 atom stereocenters. The third kappa shape index (κ3) is 3.56. The van der Waals surface area contributed by atoms with Crippen molar-refractivity contribution in [2.24, 2.45) is 5.92 Å². The minimum atomic E-state index is -2.91. The van der Waals surface area contributed by atoms with E-state index in [-0.39, 0.29) is 29.8 Å². The first-order valence-electron chi connectivity index (χ1n) is 6.44. The van der Waals surface area contributed by atoms with E-state index in [1.54, 1.807) is 0 Å². The van der Waals surface area contributed by atoms with E-state index in [9.17, 15) is 13.2 Å². The second kappa shape index (κ2) is 5.33. The SMILES string of the molecule is Cc1cccc(NC(=O)CC2CCS(=O)(=O)C2)c1C. The van der Waals surface area contributed by atoms with Crippen molar-refractivity contribution in [2.45, 2.75) is 26.7 Å². The molecule has 0 bridgehead atoms. The van der Waals surface area contributed by atoms with Crippen LogP contribution in [0.15, 0.2) is 18.2 Å². The van der Waals surface area contributed by atoms with Crippen molar-refractivity contribution >= 4 is 21.4 Å². The van der Waals surface area contributed by atoms with Crippen molar-refractivity contribution < 1.29 is 13.2 Å². The first-order valence-corrected chi connectivity index (χ1v) is 8.26. The Morgan fingerprint density at radius 1 is 1.37 bits per heavy atom. The van der Waals surface area contributed by atoms with Crippen LogP contribution in [0.25, 0.3) is 0 Å². The van der Waals surface area contributed by atoms with Gasteiger partial charge in [0, 0.05) is 12.1 Å². The fourth-order valence-electron chi connectivity index (χ4n) is 2.38. The van der Waals surface area contributed by atoms with Gasteiger partial charge in [-0.25, -0.2) is 8.42 Å². The van der Waals surface area contributed by atoms with Crippen molar-refractivity contribution in [1.82, 2.24) is 0 Å². The van der Waals surface area contributed by atoms with Gasteiger partial charge in [-0.3, -0.25) is 4.79 Å². The van der Waals surface area contributed by atoms with Crippen molar-refractivity contribution in [3.05, 3.63) is 29.3 Å². The van der Waals surface area contributed by atoms with Crippen molar-refractivity contribution in [3.8, 4) is 0 Å². The van der Waals surface area contributed by atoms with Crippen LogP contribution < -0.4 is 5.32 Å². The molecular formula is C14H19NO3S. The van der Waals surface area contributed by atoms with E-state index < -0.39 is 9.84 Å². The van der Waals surface area contributed by atoms with Crippen LogP contribution in [-0.2, 0) is 14.6 Å². The molecule has 0 radical (unpaired) electrons. The lowest BCUT2D eigenvalue weighted by Crippen LogP contribution is -2.18. The summed E-state index contributed by atoms with van der Waals surface area (Å²) in [6.07, 6.45) is 0.884. The summed E-state index contributed by atoms with van der Waals surface area (Å²) in [5, 5.41) is 2.87. The largest absolute Gasteiger partial charge is 0.326 e. The molecule has 0 aliphatic carbocycles. The fourth-order valence-corrected chi connectivity index (χ4v) is 4.24. The monoisotopic (exact) mass is 281 g/mol. The van der Waals surface area contributed by atoms with Crippen molar-refractivity contribution in [2.75, 3.05) is 16.8 Å². The Kier molecular flexibility index (Phi) is 3.94. The van der Waals surface area contributed by atoms with Gasteiger partial charge in [-0.05, 0) is 43.4 Å². The highest BCUT2D eigenvalue weighted by Gasteiger charge is 2.29. The molecule has 0 saturated carbocycles. The number of hydrogen-bond donors (Lipinski definition) is 1. The number of carbonyl (C=O) groups excluding carboxylic acids is 1. The molecule has 1 unspecified atom stereocenters. The number of amides is 1. The zero-order valence-electron chi connectivity index (χ0n) is 11.3. The van der Waals surface area contributed by atoms with Gasteiger partial charge in [0.05, 0.1) is 11.5 Å². The lowest BCUT2D eigenvalue weighted by atomic mass is 10.0. The second-order valence-corrected chi connectivity index (χ2v) is 7.50. The minimum Gasteiger partial charge on any atom is -0.326 e. The molecule has 1 fully saturated rings. The third-order valence-electron chi connectivity index (χ3n) is 3.68. The molecule has 1 aromatic carbocycles. The maximum atomic E-state index is 11.9. The van der Waals surface area contributed by atoms with Crippen LogP contribution in [-0.4, -0.2) is 25.8 Å².